The van der Waals surface area contributed by atoms with Gasteiger partial charge >= 0.3 is 0 Å². The Morgan fingerprint density at radius 3 is 2.36 bits per heavy atom. The van der Waals surface area contributed by atoms with E-state index in [-0.39, 0.29) is 27.3 Å². The number of pyridine rings is 1. The van der Waals surface area contributed by atoms with Gasteiger partial charge in [0.25, 0.3) is 5.91 Å². The maximum atomic E-state index is 12.5. The highest BCUT2D eigenvalue weighted by Gasteiger charge is 2.27. The molecular formula is C28H32Cl2N4O2. The lowest BCUT2D eigenvalue weighted by Crippen LogP contribution is -2.48. The second kappa shape index (κ2) is 12.4. The molecule has 2 N–H and O–H groups in total. The van der Waals surface area contributed by atoms with E-state index in [9.17, 15) is 9.90 Å². The summed E-state index contributed by atoms with van der Waals surface area (Å²) in [6.07, 6.45) is 5.78. The van der Waals surface area contributed by atoms with Gasteiger partial charge in [0.2, 0.25) is 0 Å². The number of aromatic hydroxyl groups is 1. The molecule has 0 saturated carbocycles. The van der Waals surface area contributed by atoms with E-state index in [1.807, 2.05) is 18.2 Å². The van der Waals surface area contributed by atoms with Gasteiger partial charge in [-0.05, 0) is 56.0 Å². The Bertz CT molecular complexity index is 1120. The zero-order valence-corrected chi connectivity index (χ0v) is 21.9. The zero-order valence-electron chi connectivity index (χ0n) is 20.4. The molecule has 1 aromatic heterocycles. The van der Waals surface area contributed by atoms with Gasteiger partial charge in [0.05, 0.1) is 15.6 Å². The van der Waals surface area contributed by atoms with Gasteiger partial charge < -0.3 is 20.2 Å². The molecule has 1 unspecified atom stereocenters. The summed E-state index contributed by atoms with van der Waals surface area (Å²) >= 11 is 12.2. The number of hydrogen-bond donors (Lipinski definition) is 2. The number of phenolic OH excluding ortho intramolecular Hbond substituents is 1. The Hall–Kier alpha value is -2.80. The molecule has 2 heterocycles. The highest BCUT2D eigenvalue weighted by atomic mass is 35.5. The number of carbonyl (C=O) groups is 1. The number of benzene rings is 2. The van der Waals surface area contributed by atoms with Crippen molar-refractivity contribution >= 4 is 34.8 Å². The minimum absolute atomic E-state index is 0.254. The molecule has 1 aliphatic rings. The lowest BCUT2D eigenvalue weighted by Gasteiger charge is -2.42. The number of piperidine rings is 1. The number of rotatable bonds is 9. The van der Waals surface area contributed by atoms with E-state index in [0.29, 0.717) is 18.6 Å². The van der Waals surface area contributed by atoms with Crippen molar-refractivity contribution < 1.29 is 9.90 Å². The normalized spacial score (nSPS) is 15.4. The molecule has 8 heteroatoms. The number of anilines is 1. The average molecular weight is 527 g/mol. The van der Waals surface area contributed by atoms with Crippen molar-refractivity contribution in [1.29, 1.82) is 0 Å². The summed E-state index contributed by atoms with van der Waals surface area (Å²) in [5, 5.41) is 13.2. The van der Waals surface area contributed by atoms with Crippen LogP contribution in [0.1, 0.15) is 42.1 Å². The molecule has 1 aliphatic heterocycles. The average Bonchev–Trinajstić information content (AvgIpc) is 2.88. The first-order valence-corrected chi connectivity index (χ1v) is 13.1. The number of aromatic nitrogens is 1. The van der Waals surface area contributed by atoms with Crippen molar-refractivity contribution in [2.24, 2.45) is 0 Å². The van der Waals surface area contributed by atoms with Crippen molar-refractivity contribution in [2.45, 2.75) is 44.8 Å². The van der Waals surface area contributed by atoms with Gasteiger partial charge in [0.15, 0.2) is 0 Å². The van der Waals surface area contributed by atoms with E-state index in [2.05, 4.69) is 51.3 Å². The van der Waals surface area contributed by atoms with Gasteiger partial charge in [-0.25, -0.2) is 0 Å². The summed E-state index contributed by atoms with van der Waals surface area (Å²) in [6.45, 7) is 5.57. The summed E-state index contributed by atoms with van der Waals surface area (Å²) in [5.74, 6) is 0.00591. The van der Waals surface area contributed by atoms with Crippen LogP contribution in [0.25, 0.3) is 0 Å². The minimum atomic E-state index is -0.274. The second-order valence-corrected chi connectivity index (χ2v) is 10.1. The van der Waals surface area contributed by atoms with Crippen LogP contribution in [0, 0.1) is 0 Å². The van der Waals surface area contributed by atoms with E-state index < -0.39 is 0 Å². The van der Waals surface area contributed by atoms with Crippen molar-refractivity contribution in [3.8, 4) is 5.75 Å². The summed E-state index contributed by atoms with van der Waals surface area (Å²) in [5.41, 5.74) is 2.67. The number of halogens is 2. The molecule has 190 valence electrons. The van der Waals surface area contributed by atoms with Gasteiger partial charge in [-0.15, -0.1) is 0 Å². The number of nitrogens with zero attached hydrogens (tertiary/aromatic N) is 3. The van der Waals surface area contributed by atoms with E-state index in [0.717, 1.165) is 44.6 Å². The first-order chi connectivity index (χ1) is 17.4. The fourth-order valence-electron chi connectivity index (χ4n) is 4.79. The number of likely N-dealkylation sites (tertiary alicyclic amines) is 1. The van der Waals surface area contributed by atoms with Gasteiger partial charge in [0.1, 0.15) is 5.75 Å². The van der Waals surface area contributed by atoms with Crippen molar-refractivity contribution in [1.82, 2.24) is 15.2 Å². The van der Waals surface area contributed by atoms with E-state index >= 15 is 0 Å². The van der Waals surface area contributed by atoms with Crippen molar-refractivity contribution in [3.63, 3.8) is 0 Å². The zero-order chi connectivity index (χ0) is 25.5. The van der Waals surface area contributed by atoms with Crippen LogP contribution in [0.15, 0.2) is 67.0 Å². The topological polar surface area (TPSA) is 68.7 Å². The molecule has 0 bridgehead atoms. The fraction of sp³-hybridized carbons (Fsp3) is 0.357. The monoisotopic (exact) mass is 526 g/mol. The Kier molecular flexibility index (Phi) is 9.08. The van der Waals surface area contributed by atoms with Gasteiger partial charge in [-0.3, -0.25) is 9.78 Å². The quantitative estimate of drug-likeness (QED) is 0.370. The van der Waals surface area contributed by atoms with E-state index in [4.69, 9.17) is 23.2 Å². The number of carbonyl (C=O) groups excluding carboxylic acids is 1. The fourth-order valence-corrected chi connectivity index (χ4v) is 5.32. The summed E-state index contributed by atoms with van der Waals surface area (Å²) in [6, 6.07) is 18.8. The molecule has 1 fully saturated rings. The lowest BCUT2D eigenvalue weighted by molar-refractivity contribution is 0.0945. The van der Waals surface area contributed by atoms with Crippen LogP contribution >= 0.6 is 23.2 Å². The Morgan fingerprint density at radius 1 is 1.08 bits per heavy atom. The molecule has 2 aromatic carbocycles. The molecule has 0 radical (unpaired) electrons. The molecule has 6 nitrogen and oxygen atoms in total. The van der Waals surface area contributed by atoms with Crippen LogP contribution in [0.4, 0.5) is 5.69 Å². The summed E-state index contributed by atoms with van der Waals surface area (Å²) in [7, 11) is 0. The molecule has 0 aliphatic carbocycles. The predicted molar refractivity (Wildman–Crippen MR) is 146 cm³/mol. The van der Waals surface area contributed by atoms with Crippen molar-refractivity contribution in [3.05, 3.63) is 88.2 Å². The van der Waals surface area contributed by atoms with E-state index in [1.54, 1.807) is 12.1 Å². The predicted octanol–water partition coefficient (Wildman–Crippen LogP) is 5.77. The summed E-state index contributed by atoms with van der Waals surface area (Å²) < 4.78 is 0. The number of nitrogens with one attached hydrogen (secondary N) is 1. The SMILES string of the molecule is CC(CCNC(=O)c1c(Cl)cncc1Cl)N1CCC(N(Cc2ccccc2)c2ccc(O)cc2)CC1. The lowest BCUT2D eigenvalue weighted by atomic mass is 9.99. The highest BCUT2D eigenvalue weighted by Crippen LogP contribution is 2.28. The minimum Gasteiger partial charge on any atom is -0.508 e. The first-order valence-electron chi connectivity index (χ1n) is 12.3. The molecule has 36 heavy (non-hydrogen) atoms. The Balaban J connectivity index is 1.31. The third kappa shape index (κ3) is 6.69. The molecule has 1 atom stereocenters. The van der Waals surface area contributed by atoms with Crippen LogP contribution in [0.2, 0.25) is 10.0 Å². The van der Waals surface area contributed by atoms with E-state index in [1.165, 1.54) is 18.0 Å². The van der Waals surface area contributed by atoms with Crippen molar-refractivity contribution in [2.75, 3.05) is 24.5 Å². The van der Waals surface area contributed by atoms with Crippen LogP contribution < -0.4 is 10.2 Å². The Labute approximate surface area is 222 Å². The largest absolute Gasteiger partial charge is 0.508 e. The third-order valence-electron chi connectivity index (χ3n) is 6.87. The number of hydrogen-bond acceptors (Lipinski definition) is 5. The van der Waals surface area contributed by atoms with Crippen LogP contribution in [-0.2, 0) is 6.54 Å². The number of amides is 1. The smallest absolute Gasteiger partial charge is 0.254 e. The Morgan fingerprint density at radius 2 is 1.72 bits per heavy atom. The van der Waals surface area contributed by atoms with Gasteiger partial charge in [-0.2, -0.15) is 0 Å². The second-order valence-electron chi connectivity index (χ2n) is 9.27. The van der Waals surface area contributed by atoms with Crippen LogP contribution in [-0.4, -0.2) is 52.6 Å². The van der Waals surface area contributed by atoms with Crippen LogP contribution in [0.5, 0.6) is 5.75 Å². The van der Waals surface area contributed by atoms with Gasteiger partial charge in [0, 0.05) is 56.3 Å². The first kappa shape index (κ1) is 26.3. The molecule has 1 saturated heterocycles. The maximum absolute atomic E-state index is 12.5. The molecule has 1 amide bonds. The highest BCUT2D eigenvalue weighted by molar-refractivity contribution is 6.39. The molecule has 4 rings (SSSR count). The van der Waals surface area contributed by atoms with Crippen LogP contribution in [0.3, 0.4) is 0 Å². The maximum Gasteiger partial charge on any atom is 0.254 e. The number of phenols is 1. The standard InChI is InChI=1S/C28H32Cl2N4O2/c1-20(11-14-32-28(36)27-25(29)17-31-18-26(27)30)33-15-12-23(13-16-33)34(19-21-5-3-2-4-6-21)22-7-9-24(35)10-8-22/h2-10,17-18,20,23,35H,11-16,19H2,1H3,(H,32,36). The molecule has 3 aromatic rings. The molecule has 0 spiro atoms. The summed E-state index contributed by atoms with van der Waals surface area (Å²) in [4.78, 5) is 21.4. The van der Waals surface area contributed by atoms with Gasteiger partial charge in [-0.1, -0.05) is 53.5 Å². The molecular weight excluding hydrogens is 495 g/mol. The third-order valence-corrected chi connectivity index (χ3v) is 7.44.